The van der Waals surface area contributed by atoms with Gasteiger partial charge in [-0.25, -0.2) is 0 Å². The van der Waals surface area contributed by atoms with Crippen LogP contribution in [0.1, 0.15) is 44.7 Å². The quantitative estimate of drug-likeness (QED) is 0.756. The zero-order valence-corrected chi connectivity index (χ0v) is 15.3. The molecule has 1 aromatic rings. The molecule has 0 unspecified atom stereocenters. The molecule has 1 saturated carbocycles. The molecule has 0 aromatic heterocycles. The van der Waals surface area contributed by atoms with Crippen LogP contribution in [0, 0.1) is 5.41 Å². The predicted octanol–water partition coefficient (Wildman–Crippen LogP) is 3.56. The van der Waals surface area contributed by atoms with Crippen LogP contribution in [0.15, 0.2) is 12.1 Å². The number of hydrogen-bond acceptors (Lipinski definition) is 2. The zero-order valence-electron chi connectivity index (χ0n) is 12.0. The maximum absolute atomic E-state index is 10.8. The molecule has 0 saturated heterocycles. The van der Waals surface area contributed by atoms with E-state index in [1.165, 1.54) is 24.0 Å². The minimum atomic E-state index is -0.637. The first-order valence-electron chi connectivity index (χ1n) is 7.06. The number of carbonyl (C=O) groups excluding carboxylic acids is 2. The molecule has 0 atom stereocenters. The van der Waals surface area contributed by atoms with Crippen LogP contribution in [0.2, 0.25) is 14.0 Å². The van der Waals surface area contributed by atoms with Crippen molar-refractivity contribution in [1.82, 2.24) is 0 Å². The summed E-state index contributed by atoms with van der Waals surface area (Å²) in [4.78, 5) is 21.6. The Morgan fingerprint density at radius 1 is 0.947 bits per heavy atom. The van der Waals surface area contributed by atoms with Crippen LogP contribution in [0.25, 0.3) is 0 Å². The van der Waals surface area contributed by atoms with E-state index in [1.807, 2.05) is 12.1 Å². The van der Waals surface area contributed by atoms with Crippen molar-refractivity contribution in [1.29, 1.82) is 0 Å². The molecule has 3 rings (SSSR count). The average Bonchev–Trinajstić information content (AvgIpc) is 2.99. The summed E-state index contributed by atoms with van der Waals surface area (Å²) < 4.78 is 7.13. The van der Waals surface area contributed by atoms with Gasteiger partial charge in [0.2, 0.25) is 0 Å². The van der Waals surface area contributed by atoms with E-state index in [0.717, 1.165) is 25.4 Å². The van der Waals surface area contributed by atoms with Crippen molar-refractivity contribution in [2.45, 2.75) is 39.7 Å². The van der Waals surface area contributed by atoms with E-state index >= 15 is 0 Å². The minimum absolute atomic E-state index is 0.504. The SMILES string of the molecule is O=Cc1cc2c(cc1C=O)CC1(CC1)C2.[CH3][In]([CH3])[CH3]. The molecule has 1 spiro atoms. The van der Waals surface area contributed by atoms with E-state index in [4.69, 9.17) is 0 Å². The number of hydrogen-bond donors (Lipinski definition) is 0. The Kier molecular flexibility index (Phi) is 4.54. The standard InChI is InChI=1S/C13H12O2.3CH3.In/c14-7-11-3-9-5-13(1-2-13)6-10(9)4-12(11)8-15;;;;/h3-4,7-8H,1-2,5-6H2;3*1H3;. The fourth-order valence-electron chi connectivity index (χ4n) is 2.66. The third-order valence-corrected chi connectivity index (χ3v) is 3.75. The topological polar surface area (TPSA) is 34.1 Å². The third kappa shape index (κ3) is 3.50. The second-order valence-electron chi connectivity index (χ2n) is 6.57. The zero-order chi connectivity index (χ0) is 14.0. The van der Waals surface area contributed by atoms with Crippen LogP contribution in [0.5, 0.6) is 0 Å². The van der Waals surface area contributed by atoms with Gasteiger partial charge in [0.25, 0.3) is 0 Å². The van der Waals surface area contributed by atoms with Gasteiger partial charge in [-0.15, -0.1) is 0 Å². The summed E-state index contributed by atoms with van der Waals surface area (Å²) in [7, 11) is 0. The number of benzene rings is 1. The molecule has 1 aromatic carbocycles. The summed E-state index contributed by atoms with van der Waals surface area (Å²) in [5, 5.41) is 0. The maximum atomic E-state index is 10.8. The Hall–Kier alpha value is -0.570. The Morgan fingerprint density at radius 3 is 1.58 bits per heavy atom. The molecule has 3 heteroatoms. The third-order valence-electron chi connectivity index (χ3n) is 3.75. The van der Waals surface area contributed by atoms with Gasteiger partial charge in [0.1, 0.15) is 0 Å². The Morgan fingerprint density at radius 2 is 1.32 bits per heavy atom. The number of aldehydes is 2. The molecule has 0 amide bonds. The van der Waals surface area contributed by atoms with E-state index in [2.05, 4.69) is 14.0 Å². The van der Waals surface area contributed by atoms with Crippen LogP contribution in [0.3, 0.4) is 0 Å². The second-order valence-corrected chi connectivity index (χ2v) is 16.5. The van der Waals surface area contributed by atoms with Crippen LogP contribution >= 0.6 is 0 Å². The summed E-state index contributed by atoms with van der Waals surface area (Å²) in [5.74, 6) is 0. The monoisotopic (exact) mass is 360 g/mol. The summed E-state index contributed by atoms with van der Waals surface area (Å²) in [6.07, 6.45) is 6.36. The van der Waals surface area contributed by atoms with Gasteiger partial charge in [0.15, 0.2) is 12.6 Å². The van der Waals surface area contributed by atoms with Crippen molar-refractivity contribution >= 4 is 34.0 Å². The van der Waals surface area contributed by atoms with Crippen LogP contribution in [-0.2, 0) is 12.8 Å². The van der Waals surface area contributed by atoms with Crippen LogP contribution in [0.4, 0.5) is 0 Å². The number of carbonyl (C=O) groups is 2. The Labute approximate surface area is 123 Å². The molecule has 19 heavy (non-hydrogen) atoms. The van der Waals surface area contributed by atoms with E-state index in [-0.39, 0.29) is 0 Å². The number of rotatable bonds is 2. The first kappa shape index (κ1) is 14.8. The van der Waals surface area contributed by atoms with E-state index in [0.29, 0.717) is 16.5 Å². The van der Waals surface area contributed by atoms with E-state index in [1.54, 1.807) is 0 Å². The molecule has 2 aliphatic rings. The molecule has 0 bridgehead atoms. The van der Waals surface area contributed by atoms with Crippen LogP contribution < -0.4 is 0 Å². The molecule has 2 nitrogen and oxygen atoms in total. The van der Waals surface area contributed by atoms with Gasteiger partial charge >= 0.3 is 35.5 Å². The molecule has 0 aliphatic heterocycles. The molecule has 0 radical (unpaired) electrons. The first-order chi connectivity index (χ1) is 8.99. The van der Waals surface area contributed by atoms with Crippen LogP contribution in [-0.4, -0.2) is 34.0 Å². The average molecular weight is 360 g/mol. The molecular weight excluding hydrogens is 339 g/mol. The van der Waals surface area contributed by atoms with E-state index < -0.39 is 21.4 Å². The van der Waals surface area contributed by atoms with Crippen molar-refractivity contribution in [2.75, 3.05) is 0 Å². The van der Waals surface area contributed by atoms with Crippen molar-refractivity contribution < 1.29 is 9.59 Å². The summed E-state index contributed by atoms with van der Waals surface area (Å²) in [6.45, 7) is 0. The van der Waals surface area contributed by atoms with Gasteiger partial charge in [-0.05, 0) is 54.4 Å². The van der Waals surface area contributed by atoms with Gasteiger partial charge in [-0.2, -0.15) is 0 Å². The summed E-state index contributed by atoms with van der Waals surface area (Å²) in [5.41, 5.74) is 4.15. The molecule has 1 fully saturated rings. The van der Waals surface area contributed by atoms with Gasteiger partial charge in [0.05, 0.1) is 0 Å². The van der Waals surface area contributed by atoms with Gasteiger partial charge in [0, 0.05) is 11.1 Å². The van der Waals surface area contributed by atoms with E-state index in [9.17, 15) is 9.59 Å². The molecule has 2 aliphatic carbocycles. The molecule has 0 heterocycles. The van der Waals surface area contributed by atoms with Crippen molar-refractivity contribution in [3.63, 3.8) is 0 Å². The predicted molar refractivity (Wildman–Crippen MR) is 79.6 cm³/mol. The first-order valence-corrected chi connectivity index (χ1v) is 16.9. The summed E-state index contributed by atoms with van der Waals surface area (Å²) in [6, 6.07) is 3.80. The van der Waals surface area contributed by atoms with Gasteiger partial charge < -0.3 is 0 Å². The molecular formula is C16H21InO2. The normalized spacial score (nSPS) is 17.2. The second kappa shape index (κ2) is 5.82. The summed E-state index contributed by atoms with van der Waals surface area (Å²) >= 11 is -0.637. The number of fused-ring (bicyclic) bond motifs is 1. The van der Waals surface area contributed by atoms with Crippen molar-refractivity contribution in [2.24, 2.45) is 5.41 Å². The van der Waals surface area contributed by atoms with Gasteiger partial charge in [-0.1, -0.05) is 0 Å². The fraction of sp³-hybridized carbons (Fsp3) is 0.500. The van der Waals surface area contributed by atoms with Gasteiger partial charge in [-0.3, -0.25) is 9.59 Å². The van der Waals surface area contributed by atoms with Crippen molar-refractivity contribution in [3.05, 3.63) is 34.4 Å². The molecule has 0 N–H and O–H groups in total. The van der Waals surface area contributed by atoms with Crippen molar-refractivity contribution in [3.8, 4) is 0 Å². The fourth-order valence-corrected chi connectivity index (χ4v) is 2.66. The molecule has 100 valence electrons. The Bertz CT molecular complexity index is 460. The Balaban J connectivity index is 0.000000297.